The van der Waals surface area contributed by atoms with Crippen LogP contribution in [0.15, 0.2) is 59.2 Å². The molecule has 7 nitrogen and oxygen atoms in total. The van der Waals surface area contributed by atoms with Gasteiger partial charge in [-0.25, -0.2) is 0 Å². The molecule has 47 heavy (non-hydrogen) atoms. The van der Waals surface area contributed by atoms with E-state index in [-0.39, 0.29) is 47.5 Å². The van der Waals surface area contributed by atoms with Gasteiger partial charge in [0.1, 0.15) is 0 Å². The predicted octanol–water partition coefficient (Wildman–Crippen LogP) is 7.75. The van der Waals surface area contributed by atoms with Crippen molar-refractivity contribution in [3.8, 4) is 11.5 Å². The van der Waals surface area contributed by atoms with Gasteiger partial charge in [-0.1, -0.05) is 74.2 Å². The van der Waals surface area contributed by atoms with Gasteiger partial charge in [-0.15, -0.1) is 0 Å². The van der Waals surface area contributed by atoms with Crippen molar-refractivity contribution in [1.82, 2.24) is 9.80 Å². The summed E-state index contributed by atoms with van der Waals surface area (Å²) in [7, 11) is 1.58. The van der Waals surface area contributed by atoms with Gasteiger partial charge in [0.15, 0.2) is 11.5 Å². The Bertz CT molecular complexity index is 1510. The molecular weight excluding hydrogens is 703 g/mol. The number of piperidine rings is 1. The molecule has 8 heteroatoms. The lowest BCUT2D eigenvalue weighted by molar-refractivity contribution is -0.144. The number of halogens is 1. The number of phenols is 1. The lowest BCUT2D eigenvalue weighted by Crippen LogP contribution is -2.47. The number of carbonyl (C=O) groups excluding carboxylic acids is 2. The van der Waals surface area contributed by atoms with Crippen molar-refractivity contribution in [3.05, 3.63) is 73.9 Å². The molecule has 3 heterocycles. The van der Waals surface area contributed by atoms with Crippen molar-refractivity contribution in [2.75, 3.05) is 26.8 Å². The number of allylic oxidation sites excluding steroid dienone is 2. The van der Waals surface area contributed by atoms with Crippen molar-refractivity contribution < 1.29 is 24.2 Å². The zero-order valence-corrected chi connectivity index (χ0v) is 30.2. The smallest absolute Gasteiger partial charge is 0.234 e. The van der Waals surface area contributed by atoms with Crippen LogP contribution in [0.4, 0.5) is 0 Å². The van der Waals surface area contributed by atoms with Crippen molar-refractivity contribution in [2.24, 2.45) is 17.8 Å². The molecule has 252 valence electrons. The molecule has 0 radical (unpaired) electrons. The number of aromatic hydroxyl groups is 1. The maximum Gasteiger partial charge on any atom is 0.234 e. The summed E-state index contributed by atoms with van der Waals surface area (Å²) >= 11 is 2.14. The van der Waals surface area contributed by atoms with E-state index in [9.17, 15) is 14.7 Å². The number of amides is 2. The zero-order valence-electron chi connectivity index (χ0n) is 28.1. The third kappa shape index (κ3) is 7.20. The Hall–Kier alpha value is -2.69. The van der Waals surface area contributed by atoms with Crippen LogP contribution in [0, 0.1) is 21.3 Å². The highest BCUT2D eigenvalue weighted by Gasteiger charge is 2.58. The highest BCUT2D eigenvalue weighted by Crippen LogP contribution is 2.51. The van der Waals surface area contributed by atoms with Gasteiger partial charge in [-0.3, -0.25) is 19.4 Å². The summed E-state index contributed by atoms with van der Waals surface area (Å²) < 4.78 is 12.7. The van der Waals surface area contributed by atoms with Gasteiger partial charge >= 0.3 is 0 Å². The minimum absolute atomic E-state index is 0.00135. The Morgan fingerprint density at radius 3 is 2.51 bits per heavy atom. The van der Waals surface area contributed by atoms with Crippen LogP contribution in [0.25, 0.3) is 6.08 Å². The first-order chi connectivity index (χ1) is 22.8. The van der Waals surface area contributed by atoms with E-state index < -0.39 is 0 Å². The monoisotopic (exact) mass is 752 g/mol. The van der Waals surface area contributed by atoms with Gasteiger partial charge in [0.25, 0.3) is 0 Å². The first-order valence-corrected chi connectivity index (χ1v) is 18.6. The van der Waals surface area contributed by atoms with Gasteiger partial charge < -0.3 is 14.6 Å². The minimum atomic E-state index is -0.289. The number of hydrogen-bond donors (Lipinski definition) is 1. The highest BCUT2D eigenvalue weighted by molar-refractivity contribution is 14.1. The van der Waals surface area contributed by atoms with E-state index >= 15 is 0 Å². The number of imide groups is 1. The molecule has 1 N–H and O–H groups in total. The molecule has 3 aliphatic heterocycles. The van der Waals surface area contributed by atoms with Crippen molar-refractivity contribution in [1.29, 1.82) is 0 Å². The number of ether oxygens (including phenoxy) is 2. The molecular formula is C39H49IN2O5. The van der Waals surface area contributed by atoms with Crippen LogP contribution in [-0.4, -0.2) is 65.7 Å². The Balaban J connectivity index is 1.15. The Morgan fingerprint density at radius 2 is 1.81 bits per heavy atom. The summed E-state index contributed by atoms with van der Waals surface area (Å²) in [5, 5.41) is 10.3. The zero-order chi connectivity index (χ0) is 33.1. The number of nitrogens with zero attached hydrogens (tertiary/aromatic N) is 2. The molecule has 0 aromatic heterocycles. The van der Waals surface area contributed by atoms with Crippen molar-refractivity contribution in [3.63, 3.8) is 0 Å². The second-order valence-corrected chi connectivity index (χ2v) is 14.9. The van der Waals surface area contributed by atoms with Crippen LogP contribution in [0.1, 0.15) is 82.8 Å². The summed E-state index contributed by atoms with van der Waals surface area (Å²) in [6, 6.07) is 14.4. The molecule has 4 aliphatic rings. The van der Waals surface area contributed by atoms with E-state index in [2.05, 4.69) is 71.7 Å². The first-order valence-electron chi connectivity index (χ1n) is 17.5. The lowest BCUT2D eigenvalue weighted by Gasteiger charge is -2.36. The predicted molar refractivity (Wildman–Crippen MR) is 193 cm³/mol. The van der Waals surface area contributed by atoms with Gasteiger partial charge in [0.05, 0.1) is 35.2 Å². The molecule has 3 saturated heterocycles. The van der Waals surface area contributed by atoms with Gasteiger partial charge in [-0.2, -0.15) is 0 Å². The minimum Gasteiger partial charge on any atom is -0.504 e. The van der Waals surface area contributed by atoms with Crippen molar-refractivity contribution >= 4 is 40.5 Å². The first kappa shape index (κ1) is 34.2. The normalized spacial score (nSPS) is 25.4. The van der Waals surface area contributed by atoms with Crippen molar-refractivity contribution in [2.45, 2.75) is 90.3 Å². The summed E-state index contributed by atoms with van der Waals surface area (Å²) in [5.41, 5.74) is 6.35. The summed E-state index contributed by atoms with van der Waals surface area (Å²) in [6.07, 6.45) is 10.3. The molecule has 2 amide bonds. The Kier molecular flexibility index (Phi) is 11.1. The number of fused-ring (bicyclic) bond motifs is 3. The van der Waals surface area contributed by atoms with E-state index in [0.717, 1.165) is 80.1 Å². The fraction of sp³-hybridized carbons (Fsp3) is 0.538. The average molecular weight is 753 g/mol. The molecule has 0 unspecified atom stereocenters. The van der Waals surface area contributed by atoms with E-state index in [4.69, 9.17) is 9.47 Å². The summed E-state index contributed by atoms with van der Waals surface area (Å²) in [4.78, 5) is 32.3. The van der Waals surface area contributed by atoms with E-state index in [1.165, 1.54) is 22.3 Å². The Labute approximate surface area is 293 Å². The molecule has 3 fully saturated rings. The maximum absolute atomic E-state index is 14.2. The quantitative estimate of drug-likeness (QED) is 0.136. The standard InChI is InChI=1S/C39H49IN2O5/c1-4-9-25(19-27-20-32(40)37(43)34(21-27)46-3)13-14-33-35-28(10-5-2)22-30-36(31(35)24-47-33)39(45)42(38(30)44)29-15-17-41(18-16-29)23-26-11-7-6-8-12-26/h6-8,11-12,19-21,29-31,33,36,43H,4-5,9-10,13-18,22-24H2,1-3H3/b25-19+/t30-,31+,33-,36-/m1/s1. The number of rotatable bonds is 12. The largest absolute Gasteiger partial charge is 0.504 e. The Morgan fingerprint density at radius 1 is 1.04 bits per heavy atom. The van der Waals surface area contributed by atoms with Gasteiger partial charge in [-0.05, 0) is 96.4 Å². The number of hydrogen-bond acceptors (Lipinski definition) is 6. The van der Waals surface area contributed by atoms with E-state index in [1.807, 2.05) is 18.2 Å². The van der Waals surface area contributed by atoms with Crippen LogP contribution in [0.3, 0.4) is 0 Å². The molecule has 4 atom stereocenters. The summed E-state index contributed by atoms with van der Waals surface area (Å²) in [6.45, 7) is 7.63. The third-order valence-corrected chi connectivity index (χ3v) is 11.5. The molecule has 1 aliphatic carbocycles. The molecule has 2 aromatic carbocycles. The highest BCUT2D eigenvalue weighted by atomic mass is 127. The fourth-order valence-electron chi connectivity index (χ4n) is 8.55. The number of benzene rings is 2. The summed E-state index contributed by atoms with van der Waals surface area (Å²) in [5.74, 6) is 0.227. The average Bonchev–Trinajstić information content (AvgIpc) is 3.60. The third-order valence-electron chi connectivity index (χ3n) is 10.7. The second kappa shape index (κ2) is 15.2. The number of methoxy groups -OCH3 is 1. The number of likely N-dealkylation sites (tertiary alicyclic amines) is 2. The van der Waals surface area contributed by atoms with E-state index in [1.54, 1.807) is 12.0 Å². The van der Waals surface area contributed by atoms with Crippen LogP contribution in [-0.2, 0) is 20.9 Å². The van der Waals surface area contributed by atoms with Crippen LogP contribution < -0.4 is 4.74 Å². The topological polar surface area (TPSA) is 79.3 Å². The number of carbonyl (C=O) groups is 2. The molecule has 0 spiro atoms. The molecule has 0 bridgehead atoms. The maximum atomic E-state index is 14.2. The second-order valence-electron chi connectivity index (χ2n) is 13.8. The number of phenolic OH excluding ortho intramolecular Hbond substituents is 1. The fourth-order valence-corrected chi connectivity index (χ4v) is 9.17. The van der Waals surface area contributed by atoms with E-state index in [0.29, 0.717) is 18.8 Å². The molecule has 0 saturated carbocycles. The SMILES string of the molecule is CCCC1=C2[C@@H](CC/C(=C/c3cc(I)c(O)c(OC)c3)CCC)OC[C@@H]2[C@@H]2C(=O)N(C3CCN(Cc4ccccc4)CC3)C(=O)[C@@H]2C1. The van der Waals surface area contributed by atoms with Gasteiger partial charge in [0.2, 0.25) is 11.8 Å². The van der Waals surface area contributed by atoms with Crippen LogP contribution in [0.2, 0.25) is 0 Å². The molecule has 6 rings (SSSR count). The van der Waals surface area contributed by atoms with Gasteiger partial charge in [0, 0.05) is 31.6 Å². The molecule has 2 aromatic rings. The lowest BCUT2D eigenvalue weighted by atomic mass is 9.68. The van der Waals surface area contributed by atoms with Crippen LogP contribution >= 0.6 is 22.6 Å². The van der Waals surface area contributed by atoms with Crippen LogP contribution in [0.5, 0.6) is 11.5 Å².